The number of likely N-dealkylation sites (tertiary alicyclic amines) is 1. The normalized spacial score (nSPS) is 20.0. The molecule has 8 heteroatoms. The second-order valence-electron chi connectivity index (χ2n) is 6.84. The van der Waals surface area contributed by atoms with Crippen molar-refractivity contribution in [2.45, 2.75) is 18.4 Å². The molecule has 0 aromatic heterocycles. The molecule has 2 aliphatic heterocycles. The fourth-order valence-corrected chi connectivity index (χ4v) is 3.68. The van der Waals surface area contributed by atoms with Crippen LogP contribution in [0.1, 0.15) is 15.9 Å². The minimum Gasteiger partial charge on any atom is -0.487 e. The van der Waals surface area contributed by atoms with E-state index in [0.717, 1.165) is 16.5 Å². The average molecular weight is 397 g/mol. The highest BCUT2D eigenvalue weighted by Crippen LogP contribution is 2.40. The first-order valence-electron chi connectivity index (χ1n) is 8.43. The molecule has 0 bridgehead atoms. The predicted octanol–water partition coefficient (Wildman–Crippen LogP) is 3.50. The Bertz CT molecular complexity index is 927. The van der Waals surface area contributed by atoms with Crippen LogP contribution < -0.4 is 10.5 Å². The molecule has 1 atom stereocenters. The van der Waals surface area contributed by atoms with Crippen molar-refractivity contribution in [1.82, 2.24) is 4.90 Å². The fraction of sp³-hybridized carbons (Fsp3) is 0.316. The Morgan fingerprint density at radius 2 is 2.04 bits per heavy atom. The number of nitrogens with two attached hydrogens (primary N) is 1. The highest BCUT2D eigenvalue weighted by molar-refractivity contribution is 6.32. The van der Waals surface area contributed by atoms with E-state index in [9.17, 15) is 18.0 Å². The zero-order valence-electron chi connectivity index (χ0n) is 14.1. The molecular weight excluding hydrogens is 381 g/mol. The van der Waals surface area contributed by atoms with Crippen LogP contribution in [0.25, 0.3) is 11.1 Å². The molecule has 2 N–H and O–H groups in total. The van der Waals surface area contributed by atoms with Gasteiger partial charge in [0.05, 0.1) is 18.1 Å². The number of benzene rings is 2. The molecule has 0 spiro atoms. The van der Waals surface area contributed by atoms with Gasteiger partial charge in [0, 0.05) is 29.7 Å². The molecule has 27 heavy (non-hydrogen) atoms. The minimum absolute atomic E-state index is 0.0329. The van der Waals surface area contributed by atoms with Crippen LogP contribution in [-0.2, 0) is 6.42 Å². The largest absolute Gasteiger partial charge is 0.487 e. The lowest BCUT2D eigenvalue weighted by atomic mass is 9.98. The zero-order chi connectivity index (χ0) is 19.3. The van der Waals surface area contributed by atoms with Gasteiger partial charge in [-0.1, -0.05) is 17.7 Å². The molecule has 4 nitrogen and oxygen atoms in total. The maximum absolute atomic E-state index is 14.6. The molecule has 2 aliphatic rings. The summed E-state index contributed by atoms with van der Waals surface area (Å²) in [6.45, 7) is -0.934. The van der Waals surface area contributed by atoms with E-state index in [1.807, 2.05) is 0 Å². The Hall–Kier alpha value is -2.25. The van der Waals surface area contributed by atoms with E-state index in [4.69, 9.17) is 22.1 Å². The van der Waals surface area contributed by atoms with Crippen LogP contribution in [0.5, 0.6) is 5.75 Å². The zero-order valence-corrected chi connectivity index (χ0v) is 14.9. The second kappa shape index (κ2) is 6.42. The highest BCUT2D eigenvalue weighted by atomic mass is 35.5. The van der Waals surface area contributed by atoms with Crippen molar-refractivity contribution in [2.75, 3.05) is 19.6 Å². The summed E-state index contributed by atoms with van der Waals surface area (Å²) in [5.41, 5.74) is 7.32. The van der Waals surface area contributed by atoms with Crippen molar-refractivity contribution in [1.29, 1.82) is 0 Å². The van der Waals surface area contributed by atoms with Crippen molar-refractivity contribution in [2.24, 2.45) is 5.73 Å². The van der Waals surface area contributed by atoms with E-state index in [2.05, 4.69) is 0 Å². The number of carbonyl (C=O) groups is 1. The lowest BCUT2D eigenvalue weighted by Gasteiger charge is -2.38. The molecule has 2 aromatic carbocycles. The summed E-state index contributed by atoms with van der Waals surface area (Å²) in [6.07, 6.45) is 0.424. The Labute approximate surface area is 158 Å². The van der Waals surface area contributed by atoms with Gasteiger partial charge in [-0.2, -0.15) is 0 Å². The quantitative estimate of drug-likeness (QED) is 0.864. The third kappa shape index (κ3) is 3.26. The van der Waals surface area contributed by atoms with Crippen molar-refractivity contribution in [3.05, 3.63) is 52.3 Å². The molecule has 142 valence electrons. The third-order valence-electron chi connectivity index (χ3n) is 4.77. The Balaban J connectivity index is 1.61. The van der Waals surface area contributed by atoms with Gasteiger partial charge in [-0.25, -0.2) is 13.2 Å². The van der Waals surface area contributed by atoms with Crippen LogP contribution >= 0.6 is 11.6 Å². The number of hydrogen-bond acceptors (Lipinski definition) is 3. The fourth-order valence-electron chi connectivity index (χ4n) is 3.40. The lowest BCUT2D eigenvalue weighted by molar-refractivity contribution is -0.113. The number of carbonyl (C=O) groups excluding carboxylic acids is 1. The molecule has 1 fully saturated rings. The molecular formula is C19H16ClF3N2O2. The monoisotopic (exact) mass is 396 g/mol. The minimum atomic E-state index is -2.86. The number of hydrogen-bond donors (Lipinski definition) is 1. The van der Waals surface area contributed by atoms with E-state index in [1.165, 1.54) is 12.1 Å². The van der Waals surface area contributed by atoms with Crippen molar-refractivity contribution in [3.63, 3.8) is 0 Å². The second-order valence-corrected chi connectivity index (χ2v) is 7.24. The lowest BCUT2D eigenvalue weighted by Crippen LogP contribution is -2.58. The van der Waals surface area contributed by atoms with E-state index < -0.39 is 30.7 Å². The van der Waals surface area contributed by atoms with Crippen LogP contribution in [0.3, 0.4) is 0 Å². The van der Waals surface area contributed by atoms with Gasteiger partial charge in [0.1, 0.15) is 17.7 Å². The molecule has 1 saturated heterocycles. The Morgan fingerprint density at radius 1 is 1.30 bits per heavy atom. The van der Waals surface area contributed by atoms with E-state index in [1.54, 1.807) is 12.1 Å². The number of halogens is 4. The summed E-state index contributed by atoms with van der Waals surface area (Å²) in [5, 5.41) is 0.362. The number of rotatable bonds is 3. The van der Waals surface area contributed by atoms with Crippen LogP contribution in [0.4, 0.5) is 13.2 Å². The molecule has 4 rings (SSSR count). The van der Waals surface area contributed by atoms with Gasteiger partial charge in [-0.05, 0) is 29.8 Å². The summed E-state index contributed by atoms with van der Waals surface area (Å²) >= 11 is 6.26. The van der Waals surface area contributed by atoms with Gasteiger partial charge in [0.15, 0.2) is 0 Å². The van der Waals surface area contributed by atoms with Gasteiger partial charge in [0.2, 0.25) is 0 Å². The van der Waals surface area contributed by atoms with Crippen LogP contribution in [-0.4, -0.2) is 42.5 Å². The third-order valence-corrected chi connectivity index (χ3v) is 5.05. The van der Waals surface area contributed by atoms with Gasteiger partial charge >= 0.3 is 0 Å². The van der Waals surface area contributed by atoms with E-state index in [0.29, 0.717) is 29.3 Å². The highest BCUT2D eigenvalue weighted by Gasteiger charge is 2.46. The standard InChI is InChI=1S/C19H16ClF3N2O2/c20-15-5-11(3-12-4-13(7-24)27-17(12)15)14-2-1-10(6-16(14)21)18(26)25-8-19(22,23)9-25/h1-3,5-6,13H,4,7-9,24H2. The van der Waals surface area contributed by atoms with Crippen LogP contribution in [0, 0.1) is 5.82 Å². The van der Waals surface area contributed by atoms with Crippen molar-refractivity contribution in [3.8, 4) is 16.9 Å². The van der Waals surface area contributed by atoms with Crippen LogP contribution in [0.15, 0.2) is 30.3 Å². The van der Waals surface area contributed by atoms with Crippen molar-refractivity contribution >= 4 is 17.5 Å². The molecule has 2 heterocycles. The average Bonchev–Trinajstić information content (AvgIpc) is 3.02. The number of alkyl halides is 2. The predicted molar refractivity (Wildman–Crippen MR) is 94.9 cm³/mol. The first-order chi connectivity index (χ1) is 12.8. The van der Waals surface area contributed by atoms with E-state index >= 15 is 0 Å². The summed E-state index contributed by atoms with van der Waals surface area (Å²) in [5.74, 6) is -3.54. The summed E-state index contributed by atoms with van der Waals surface area (Å²) < 4.78 is 46.2. The summed E-state index contributed by atoms with van der Waals surface area (Å²) in [7, 11) is 0. The van der Waals surface area contributed by atoms with Crippen LogP contribution in [0.2, 0.25) is 5.02 Å². The maximum Gasteiger partial charge on any atom is 0.282 e. The van der Waals surface area contributed by atoms with E-state index in [-0.39, 0.29) is 17.2 Å². The molecule has 1 unspecified atom stereocenters. The van der Waals surface area contributed by atoms with Gasteiger partial charge in [-0.15, -0.1) is 0 Å². The number of nitrogens with zero attached hydrogens (tertiary/aromatic N) is 1. The molecule has 0 radical (unpaired) electrons. The maximum atomic E-state index is 14.6. The smallest absolute Gasteiger partial charge is 0.282 e. The Kier molecular flexibility index (Phi) is 4.31. The summed E-state index contributed by atoms with van der Waals surface area (Å²) in [6, 6.07) is 7.32. The van der Waals surface area contributed by atoms with Gasteiger partial charge in [-0.3, -0.25) is 4.79 Å². The number of fused-ring (bicyclic) bond motifs is 1. The molecule has 1 amide bonds. The van der Waals surface area contributed by atoms with Crippen molar-refractivity contribution < 1.29 is 22.7 Å². The molecule has 0 aliphatic carbocycles. The number of ether oxygens (including phenoxy) is 1. The Morgan fingerprint density at radius 3 is 2.67 bits per heavy atom. The molecule has 2 aromatic rings. The topological polar surface area (TPSA) is 55.6 Å². The number of amides is 1. The first-order valence-corrected chi connectivity index (χ1v) is 8.81. The summed E-state index contributed by atoms with van der Waals surface area (Å²) in [4.78, 5) is 13.2. The van der Waals surface area contributed by atoms with Gasteiger partial charge < -0.3 is 15.4 Å². The van der Waals surface area contributed by atoms with Gasteiger partial charge in [0.25, 0.3) is 11.8 Å². The first kappa shape index (κ1) is 18.1. The SMILES string of the molecule is NCC1Cc2cc(-c3ccc(C(=O)N4CC(F)(F)C4)cc3F)cc(Cl)c2O1. The molecule has 0 saturated carbocycles.